The van der Waals surface area contributed by atoms with Crippen LogP contribution < -0.4 is 4.72 Å². The van der Waals surface area contributed by atoms with Crippen LogP contribution in [0.25, 0.3) is 0 Å². The molecule has 1 heterocycles. The van der Waals surface area contributed by atoms with Crippen LogP contribution in [-0.4, -0.2) is 44.9 Å². The van der Waals surface area contributed by atoms with E-state index in [2.05, 4.69) is 29.0 Å². The summed E-state index contributed by atoms with van der Waals surface area (Å²) in [6, 6.07) is 20.3. The van der Waals surface area contributed by atoms with Crippen LogP contribution >= 0.6 is 0 Å². The molecule has 2 aromatic rings. The molecule has 6 nitrogen and oxygen atoms in total. The summed E-state index contributed by atoms with van der Waals surface area (Å²) in [5.41, 5.74) is 2.33. The van der Waals surface area contributed by atoms with E-state index in [-0.39, 0.29) is 17.8 Å². The first-order valence-corrected chi connectivity index (χ1v) is 12.0. The molecule has 0 saturated carbocycles. The van der Waals surface area contributed by atoms with E-state index in [1.807, 2.05) is 36.4 Å². The fourth-order valence-corrected chi connectivity index (χ4v) is 5.16. The van der Waals surface area contributed by atoms with Gasteiger partial charge in [0, 0.05) is 25.6 Å². The summed E-state index contributed by atoms with van der Waals surface area (Å²) in [5, 5.41) is 0. The van der Waals surface area contributed by atoms with Gasteiger partial charge < -0.3 is 4.74 Å². The second-order valence-corrected chi connectivity index (χ2v) is 9.24. The van der Waals surface area contributed by atoms with Crippen LogP contribution in [-0.2, 0) is 19.7 Å². The zero-order valence-electron chi connectivity index (χ0n) is 17.4. The average Bonchev–Trinajstić information content (AvgIpc) is 2.78. The first-order chi connectivity index (χ1) is 14.5. The molecule has 2 aromatic carbocycles. The maximum absolute atomic E-state index is 12.7. The van der Waals surface area contributed by atoms with Gasteiger partial charge >= 0.3 is 5.97 Å². The van der Waals surface area contributed by atoms with E-state index >= 15 is 0 Å². The average molecular weight is 431 g/mol. The fourth-order valence-electron chi connectivity index (χ4n) is 3.91. The number of benzene rings is 2. The van der Waals surface area contributed by atoms with Crippen LogP contribution in [0.3, 0.4) is 0 Å². The molecule has 0 bridgehead atoms. The molecule has 1 N–H and O–H groups in total. The van der Waals surface area contributed by atoms with Gasteiger partial charge in [-0.05, 0) is 37.3 Å². The van der Waals surface area contributed by atoms with Gasteiger partial charge in [-0.25, -0.2) is 4.72 Å². The largest absolute Gasteiger partial charge is 0.466 e. The van der Waals surface area contributed by atoms with Crippen LogP contribution in [0.5, 0.6) is 0 Å². The molecule has 1 aliphatic heterocycles. The minimum Gasteiger partial charge on any atom is -0.466 e. The van der Waals surface area contributed by atoms with E-state index in [0.29, 0.717) is 45.5 Å². The smallest absolute Gasteiger partial charge is 0.309 e. The van der Waals surface area contributed by atoms with E-state index in [1.54, 1.807) is 6.92 Å². The molecule has 162 valence electrons. The zero-order valence-corrected chi connectivity index (χ0v) is 18.2. The number of piperidine rings is 1. The van der Waals surface area contributed by atoms with Gasteiger partial charge in [0.25, 0.3) is 10.2 Å². The van der Waals surface area contributed by atoms with E-state index in [0.717, 1.165) is 11.1 Å². The van der Waals surface area contributed by atoms with Gasteiger partial charge in [-0.3, -0.25) is 4.79 Å². The molecule has 1 aliphatic rings. The summed E-state index contributed by atoms with van der Waals surface area (Å²) in [5.74, 6) is -0.322. The number of carbonyl (C=O) groups is 1. The third-order valence-electron chi connectivity index (χ3n) is 5.54. The standard InChI is InChI=1S/C23H30N2O4S/c1-2-29-23(26)21-14-17-25(18-15-21)30(27,28)24-16-13-22(19-9-5-3-6-10-19)20-11-7-4-8-12-20/h3-12,21-22,24H,2,13-18H2,1H3. The van der Waals surface area contributed by atoms with Crippen molar-refractivity contribution >= 4 is 16.2 Å². The first kappa shape index (κ1) is 22.5. The maximum Gasteiger partial charge on any atom is 0.309 e. The van der Waals surface area contributed by atoms with E-state index < -0.39 is 10.2 Å². The van der Waals surface area contributed by atoms with Gasteiger partial charge in [-0.2, -0.15) is 12.7 Å². The van der Waals surface area contributed by atoms with Crippen LogP contribution in [0.2, 0.25) is 0 Å². The third-order valence-corrected chi connectivity index (χ3v) is 7.15. The zero-order chi connectivity index (χ0) is 21.4. The fraction of sp³-hybridized carbons (Fsp3) is 0.435. The Bertz CT molecular complexity index is 856. The van der Waals surface area contributed by atoms with E-state index in [4.69, 9.17) is 4.74 Å². The number of nitrogens with one attached hydrogen (secondary N) is 1. The predicted molar refractivity (Wildman–Crippen MR) is 117 cm³/mol. The van der Waals surface area contributed by atoms with Crippen LogP contribution in [0, 0.1) is 5.92 Å². The lowest BCUT2D eigenvalue weighted by molar-refractivity contribution is -0.149. The Kier molecular flexibility index (Phi) is 8.01. The Morgan fingerprint density at radius 3 is 2.07 bits per heavy atom. The summed E-state index contributed by atoms with van der Waals surface area (Å²) >= 11 is 0. The second kappa shape index (κ2) is 10.7. The third kappa shape index (κ3) is 5.90. The summed E-state index contributed by atoms with van der Waals surface area (Å²) in [6.07, 6.45) is 1.65. The van der Waals surface area contributed by atoms with Crippen molar-refractivity contribution in [3.63, 3.8) is 0 Å². The SMILES string of the molecule is CCOC(=O)C1CCN(S(=O)(=O)NCCC(c2ccccc2)c2ccccc2)CC1. The van der Waals surface area contributed by atoms with Crippen molar-refractivity contribution in [1.29, 1.82) is 0 Å². The molecule has 0 spiro atoms. The normalized spacial score (nSPS) is 15.9. The minimum atomic E-state index is -3.57. The topological polar surface area (TPSA) is 75.7 Å². The summed E-state index contributed by atoms with van der Waals surface area (Å²) in [4.78, 5) is 11.9. The number of rotatable bonds is 9. The van der Waals surface area contributed by atoms with Crippen molar-refractivity contribution < 1.29 is 17.9 Å². The highest BCUT2D eigenvalue weighted by Gasteiger charge is 2.31. The van der Waals surface area contributed by atoms with Gasteiger partial charge in [0.1, 0.15) is 0 Å². The summed E-state index contributed by atoms with van der Waals surface area (Å²) < 4.78 is 34.7. The Labute approximate surface area is 179 Å². The highest BCUT2D eigenvalue weighted by Crippen LogP contribution is 2.27. The number of nitrogens with zero attached hydrogens (tertiary/aromatic N) is 1. The Morgan fingerprint density at radius 1 is 1.03 bits per heavy atom. The molecular formula is C23H30N2O4S. The number of hydrogen-bond acceptors (Lipinski definition) is 4. The Balaban J connectivity index is 1.58. The number of carbonyl (C=O) groups excluding carboxylic acids is 1. The lowest BCUT2D eigenvalue weighted by Crippen LogP contribution is -2.46. The molecule has 0 aromatic heterocycles. The highest BCUT2D eigenvalue weighted by atomic mass is 32.2. The summed E-state index contributed by atoms with van der Waals surface area (Å²) in [6.45, 7) is 3.14. The Hall–Kier alpha value is -2.22. The molecule has 0 amide bonds. The van der Waals surface area contributed by atoms with Crippen LogP contribution in [0.1, 0.15) is 43.2 Å². The molecule has 7 heteroatoms. The molecule has 0 aliphatic carbocycles. The maximum atomic E-state index is 12.7. The second-order valence-electron chi connectivity index (χ2n) is 7.49. The lowest BCUT2D eigenvalue weighted by atomic mass is 9.89. The lowest BCUT2D eigenvalue weighted by Gasteiger charge is -2.30. The minimum absolute atomic E-state index is 0.115. The van der Waals surface area contributed by atoms with Crippen molar-refractivity contribution in [1.82, 2.24) is 9.03 Å². The van der Waals surface area contributed by atoms with Crippen molar-refractivity contribution in [2.45, 2.75) is 32.1 Å². The first-order valence-electron chi connectivity index (χ1n) is 10.5. The van der Waals surface area contributed by atoms with Crippen LogP contribution in [0.15, 0.2) is 60.7 Å². The quantitative estimate of drug-likeness (QED) is 0.619. The molecular weight excluding hydrogens is 400 g/mol. The number of esters is 1. The van der Waals surface area contributed by atoms with Gasteiger partial charge in [0.05, 0.1) is 12.5 Å². The van der Waals surface area contributed by atoms with Crippen molar-refractivity contribution in [2.75, 3.05) is 26.2 Å². The van der Waals surface area contributed by atoms with E-state index in [1.165, 1.54) is 4.31 Å². The van der Waals surface area contributed by atoms with Crippen LogP contribution in [0.4, 0.5) is 0 Å². The molecule has 1 fully saturated rings. The molecule has 0 atom stereocenters. The van der Waals surface area contributed by atoms with Gasteiger partial charge in [-0.1, -0.05) is 60.7 Å². The van der Waals surface area contributed by atoms with Crippen molar-refractivity contribution in [2.24, 2.45) is 5.92 Å². The van der Waals surface area contributed by atoms with Gasteiger partial charge in [0.2, 0.25) is 0 Å². The number of ether oxygens (including phenoxy) is 1. The summed E-state index contributed by atoms with van der Waals surface area (Å²) in [7, 11) is -3.57. The number of hydrogen-bond donors (Lipinski definition) is 1. The van der Waals surface area contributed by atoms with Crippen molar-refractivity contribution in [3.8, 4) is 0 Å². The van der Waals surface area contributed by atoms with Crippen molar-refractivity contribution in [3.05, 3.63) is 71.8 Å². The molecule has 0 unspecified atom stereocenters. The molecule has 30 heavy (non-hydrogen) atoms. The van der Waals surface area contributed by atoms with Gasteiger partial charge in [0.15, 0.2) is 0 Å². The highest BCUT2D eigenvalue weighted by molar-refractivity contribution is 7.87. The monoisotopic (exact) mass is 430 g/mol. The molecule has 1 saturated heterocycles. The Morgan fingerprint density at radius 2 is 1.57 bits per heavy atom. The molecule has 0 radical (unpaired) electrons. The van der Waals surface area contributed by atoms with Gasteiger partial charge in [-0.15, -0.1) is 0 Å². The predicted octanol–water partition coefficient (Wildman–Crippen LogP) is 3.32. The molecule has 3 rings (SSSR count). The van der Waals surface area contributed by atoms with E-state index in [9.17, 15) is 13.2 Å².